The molecule has 0 spiro atoms. The van der Waals surface area contributed by atoms with Crippen LogP contribution in [0.15, 0.2) is 60.1 Å². The zero-order valence-electron chi connectivity index (χ0n) is 20.4. The Morgan fingerprint density at radius 2 is 2.11 bits per heavy atom. The van der Waals surface area contributed by atoms with Gasteiger partial charge in [0.05, 0.1) is 16.1 Å². The lowest BCUT2D eigenvalue weighted by molar-refractivity contribution is 0.0767. The summed E-state index contributed by atoms with van der Waals surface area (Å²) in [6.45, 7) is 3.73. The van der Waals surface area contributed by atoms with E-state index >= 15 is 0 Å². The second-order valence-corrected chi connectivity index (χ2v) is 11.3. The van der Waals surface area contributed by atoms with Crippen molar-refractivity contribution in [2.24, 2.45) is 0 Å². The molecule has 1 unspecified atom stereocenters. The molecule has 2 fully saturated rings. The first-order valence-electron chi connectivity index (χ1n) is 12.3. The highest BCUT2D eigenvalue weighted by Crippen LogP contribution is 2.49. The second-order valence-electron chi connectivity index (χ2n) is 9.97. The van der Waals surface area contributed by atoms with Crippen LogP contribution >= 0.6 is 22.9 Å². The number of nitrogens with zero attached hydrogens (tertiary/aromatic N) is 2. The molecular formula is C29H28ClN3O2S. The number of likely N-dealkylation sites (tertiary alicyclic amines) is 1. The largest absolute Gasteiger partial charge is 0.492 e. The minimum Gasteiger partial charge on any atom is -0.492 e. The van der Waals surface area contributed by atoms with Gasteiger partial charge < -0.3 is 10.1 Å². The molecule has 1 aliphatic carbocycles. The fourth-order valence-electron chi connectivity index (χ4n) is 4.96. The first-order valence-corrected chi connectivity index (χ1v) is 13.6. The molecule has 5 nitrogen and oxygen atoms in total. The average Bonchev–Trinajstić information content (AvgIpc) is 3.52. The topological polar surface area (TPSA) is 54.5 Å². The molecule has 3 heterocycles. The highest BCUT2D eigenvalue weighted by atomic mass is 35.5. The van der Waals surface area contributed by atoms with Gasteiger partial charge in [-0.2, -0.15) is 0 Å². The first kappa shape index (κ1) is 23.5. The third-order valence-electron chi connectivity index (χ3n) is 7.53. The number of hydrogen-bond donors (Lipinski definition) is 1. The first-order chi connectivity index (χ1) is 17.4. The van der Waals surface area contributed by atoms with Gasteiger partial charge in [-0.1, -0.05) is 23.7 Å². The number of likely N-dealkylation sites (N-methyl/N-ethyl adjacent to an activating group) is 1. The number of thiophene rings is 1. The molecule has 2 aliphatic rings. The van der Waals surface area contributed by atoms with E-state index in [0.717, 1.165) is 69.0 Å². The zero-order valence-corrected chi connectivity index (χ0v) is 22.0. The highest BCUT2D eigenvalue weighted by Gasteiger charge is 2.47. The number of halogens is 1. The van der Waals surface area contributed by atoms with Crippen LogP contribution in [0.4, 0.5) is 0 Å². The number of rotatable bonds is 7. The Hall–Kier alpha value is -2.93. The Kier molecular flexibility index (Phi) is 5.98. The third kappa shape index (κ3) is 4.38. The summed E-state index contributed by atoms with van der Waals surface area (Å²) in [6, 6.07) is 16.6. The molecule has 36 heavy (non-hydrogen) atoms. The molecule has 0 bridgehead atoms. The van der Waals surface area contributed by atoms with Crippen molar-refractivity contribution in [3.8, 4) is 16.2 Å². The van der Waals surface area contributed by atoms with Crippen molar-refractivity contribution in [1.29, 1.82) is 0 Å². The minimum absolute atomic E-state index is 0.0715. The quantitative estimate of drug-likeness (QED) is 0.307. The molecule has 7 heteroatoms. The van der Waals surface area contributed by atoms with Gasteiger partial charge in [0.2, 0.25) is 0 Å². The van der Waals surface area contributed by atoms with Crippen LogP contribution in [-0.4, -0.2) is 42.0 Å². The molecular weight excluding hydrogens is 490 g/mol. The molecule has 1 aliphatic heterocycles. The number of carbonyl (C=O) groups excluding carboxylic acids is 1. The van der Waals surface area contributed by atoms with Gasteiger partial charge in [0.15, 0.2) is 0 Å². The van der Waals surface area contributed by atoms with Crippen molar-refractivity contribution in [3.63, 3.8) is 0 Å². The molecule has 1 saturated heterocycles. The van der Waals surface area contributed by atoms with E-state index in [1.807, 2.05) is 48.8 Å². The number of pyridine rings is 1. The Morgan fingerprint density at radius 3 is 2.81 bits per heavy atom. The Bertz CT molecular complexity index is 1460. The summed E-state index contributed by atoms with van der Waals surface area (Å²) in [5.74, 6) is 0.667. The van der Waals surface area contributed by atoms with Crippen LogP contribution in [0.25, 0.3) is 21.3 Å². The molecule has 2 aromatic heterocycles. The van der Waals surface area contributed by atoms with Crippen LogP contribution in [-0.2, 0) is 5.54 Å². The maximum absolute atomic E-state index is 13.6. The number of aryl methyl sites for hydroxylation is 1. The number of carbonyl (C=O) groups is 1. The Labute approximate surface area is 220 Å². The number of aromatic nitrogens is 1. The number of hydrogen-bond acceptors (Lipinski definition) is 5. The van der Waals surface area contributed by atoms with Crippen LogP contribution in [0, 0.1) is 6.92 Å². The highest BCUT2D eigenvalue weighted by molar-refractivity contribution is 7.14. The van der Waals surface area contributed by atoms with Gasteiger partial charge in [-0.05, 0) is 92.9 Å². The van der Waals surface area contributed by atoms with Gasteiger partial charge in [-0.25, -0.2) is 0 Å². The molecule has 1 saturated carbocycles. The molecule has 1 N–H and O–H groups in total. The normalized spacial score (nSPS) is 18.6. The summed E-state index contributed by atoms with van der Waals surface area (Å²) in [4.78, 5) is 21.6. The molecule has 0 radical (unpaired) electrons. The summed E-state index contributed by atoms with van der Waals surface area (Å²) in [5.41, 5.74) is 4.28. The van der Waals surface area contributed by atoms with Crippen molar-refractivity contribution < 1.29 is 9.53 Å². The van der Waals surface area contributed by atoms with Crippen LogP contribution in [0.1, 0.15) is 40.7 Å². The predicted octanol–water partition coefficient (Wildman–Crippen LogP) is 6.43. The van der Waals surface area contributed by atoms with Crippen LogP contribution in [0.5, 0.6) is 5.75 Å². The Balaban J connectivity index is 1.30. The maximum atomic E-state index is 13.6. The lowest BCUT2D eigenvalue weighted by atomic mass is 9.95. The van der Waals surface area contributed by atoms with E-state index in [9.17, 15) is 4.79 Å². The lowest BCUT2D eigenvalue weighted by Gasteiger charge is -2.37. The maximum Gasteiger partial charge on any atom is 0.252 e. The van der Waals surface area contributed by atoms with Crippen molar-refractivity contribution >= 4 is 39.7 Å². The molecule has 184 valence electrons. The average molecular weight is 518 g/mol. The van der Waals surface area contributed by atoms with E-state index < -0.39 is 5.54 Å². The fourth-order valence-corrected chi connectivity index (χ4v) is 6.03. The lowest BCUT2D eigenvalue weighted by Crippen LogP contribution is -2.48. The van der Waals surface area contributed by atoms with E-state index in [-0.39, 0.29) is 5.91 Å². The van der Waals surface area contributed by atoms with Crippen LogP contribution in [0.2, 0.25) is 5.02 Å². The summed E-state index contributed by atoms with van der Waals surface area (Å²) in [6.07, 6.45) is 4.74. The standard InChI is InChI=1S/C29H28ClN3O2S/c1-18-5-6-22(35-16-21-7-11-33(21)2)15-24(18)28(34)32-29(8-9-29)25-12-19(27-14-20(30)17-36-27)13-26-23(25)4-3-10-31-26/h3-6,10,12-15,17,21H,7-9,11,16H2,1-2H3,(H,32,34). The summed E-state index contributed by atoms with van der Waals surface area (Å²) in [7, 11) is 2.11. The van der Waals surface area contributed by atoms with E-state index in [0.29, 0.717) is 18.2 Å². The van der Waals surface area contributed by atoms with Crippen molar-refractivity contribution in [2.45, 2.75) is 37.8 Å². The third-order valence-corrected chi connectivity index (χ3v) is 8.85. The van der Waals surface area contributed by atoms with Gasteiger partial charge in [-0.3, -0.25) is 14.7 Å². The summed E-state index contributed by atoms with van der Waals surface area (Å²) < 4.78 is 6.04. The van der Waals surface area contributed by atoms with E-state index in [2.05, 4.69) is 40.4 Å². The SMILES string of the molecule is Cc1ccc(OCC2CCN2C)cc1C(=O)NC1(c2cc(-c3cc(Cl)cs3)cc3ncccc23)CC1. The number of ether oxygens (including phenoxy) is 1. The number of nitrogens with one attached hydrogen (secondary N) is 1. The minimum atomic E-state index is -0.409. The second kappa shape index (κ2) is 9.18. The smallest absolute Gasteiger partial charge is 0.252 e. The zero-order chi connectivity index (χ0) is 24.9. The van der Waals surface area contributed by atoms with Gasteiger partial charge in [-0.15, -0.1) is 11.3 Å². The van der Waals surface area contributed by atoms with Gasteiger partial charge in [0.1, 0.15) is 12.4 Å². The molecule has 4 aromatic rings. The molecule has 2 aromatic carbocycles. The van der Waals surface area contributed by atoms with E-state index in [1.54, 1.807) is 11.3 Å². The van der Waals surface area contributed by atoms with Crippen molar-refractivity contribution in [3.05, 3.63) is 81.8 Å². The number of amides is 1. The van der Waals surface area contributed by atoms with E-state index in [1.165, 1.54) is 0 Å². The van der Waals surface area contributed by atoms with Gasteiger partial charge in [0, 0.05) is 33.4 Å². The number of fused-ring (bicyclic) bond motifs is 1. The van der Waals surface area contributed by atoms with Crippen LogP contribution in [0.3, 0.4) is 0 Å². The summed E-state index contributed by atoms with van der Waals surface area (Å²) >= 11 is 7.83. The fraction of sp³-hybridized carbons (Fsp3) is 0.310. The van der Waals surface area contributed by atoms with Gasteiger partial charge in [0.25, 0.3) is 5.91 Å². The molecule has 1 atom stereocenters. The van der Waals surface area contributed by atoms with Crippen molar-refractivity contribution in [2.75, 3.05) is 20.2 Å². The van der Waals surface area contributed by atoms with Crippen molar-refractivity contribution in [1.82, 2.24) is 15.2 Å². The van der Waals surface area contributed by atoms with E-state index in [4.69, 9.17) is 16.3 Å². The molecule has 1 amide bonds. The van der Waals surface area contributed by atoms with Crippen LogP contribution < -0.4 is 10.1 Å². The summed E-state index contributed by atoms with van der Waals surface area (Å²) in [5, 5.41) is 7.12. The monoisotopic (exact) mass is 517 g/mol. The number of benzene rings is 2. The predicted molar refractivity (Wildman–Crippen MR) is 146 cm³/mol. The Morgan fingerprint density at radius 1 is 1.25 bits per heavy atom. The molecule has 6 rings (SSSR count). The van der Waals surface area contributed by atoms with Gasteiger partial charge >= 0.3 is 0 Å².